The summed E-state index contributed by atoms with van der Waals surface area (Å²) in [5.74, 6) is 1.43. The highest BCUT2D eigenvalue weighted by Gasteiger charge is 2.14. The van der Waals surface area contributed by atoms with Crippen LogP contribution in [0.4, 0.5) is 0 Å². The van der Waals surface area contributed by atoms with Gasteiger partial charge in [-0.1, -0.05) is 13.8 Å². The molecule has 92 valence electrons. The topological polar surface area (TPSA) is 31.1 Å². The van der Waals surface area contributed by atoms with Crippen molar-refractivity contribution in [1.82, 2.24) is 15.2 Å². The Morgan fingerprint density at radius 3 is 2.69 bits per heavy atom. The summed E-state index contributed by atoms with van der Waals surface area (Å²) in [4.78, 5) is 5.63. The third kappa shape index (κ3) is 4.37. The van der Waals surface area contributed by atoms with E-state index in [0.29, 0.717) is 5.92 Å². The van der Waals surface area contributed by atoms with E-state index in [1.54, 1.807) is 0 Å². The van der Waals surface area contributed by atoms with Crippen LogP contribution in [0.2, 0.25) is 0 Å². The van der Waals surface area contributed by atoms with Gasteiger partial charge in [-0.25, -0.2) is 0 Å². The van der Waals surface area contributed by atoms with Gasteiger partial charge in [-0.3, -0.25) is 0 Å². The monoisotopic (exact) mass is 223 g/mol. The first kappa shape index (κ1) is 13.3. The Balaban J connectivity index is 2.39. The summed E-state index contributed by atoms with van der Waals surface area (Å²) >= 11 is 0. The summed E-state index contributed by atoms with van der Waals surface area (Å²) in [7, 11) is 4.21. The predicted molar refractivity (Wildman–Crippen MR) is 69.4 cm³/mol. The zero-order valence-corrected chi connectivity index (χ0v) is 11.0. The normalized spacial score (nSPS) is 13.6. The molecule has 0 saturated carbocycles. The maximum absolute atomic E-state index is 3.28. The molecular formula is C13H25N3. The van der Waals surface area contributed by atoms with Crippen LogP contribution in [0.25, 0.3) is 0 Å². The van der Waals surface area contributed by atoms with Gasteiger partial charge in [-0.05, 0) is 44.6 Å². The molecule has 0 fully saturated rings. The first-order chi connectivity index (χ1) is 7.63. The van der Waals surface area contributed by atoms with E-state index in [2.05, 4.69) is 48.2 Å². The SMILES string of the molecule is CNCC(CN(C)Cc1ccc[nH]1)C(C)C. The van der Waals surface area contributed by atoms with Gasteiger partial charge < -0.3 is 15.2 Å². The van der Waals surface area contributed by atoms with Crippen molar-refractivity contribution in [3.05, 3.63) is 24.0 Å². The zero-order valence-electron chi connectivity index (χ0n) is 11.0. The van der Waals surface area contributed by atoms with Gasteiger partial charge in [0.15, 0.2) is 0 Å². The van der Waals surface area contributed by atoms with Gasteiger partial charge in [0.05, 0.1) is 0 Å². The number of aromatic amines is 1. The van der Waals surface area contributed by atoms with E-state index < -0.39 is 0 Å². The van der Waals surface area contributed by atoms with Crippen molar-refractivity contribution < 1.29 is 0 Å². The van der Waals surface area contributed by atoms with E-state index in [0.717, 1.165) is 25.6 Å². The molecule has 0 spiro atoms. The summed E-state index contributed by atoms with van der Waals surface area (Å²) < 4.78 is 0. The molecule has 1 unspecified atom stereocenters. The van der Waals surface area contributed by atoms with Crippen LogP contribution < -0.4 is 5.32 Å². The van der Waals surface area contributed by atoms with Crippen LogP contribution in [0.3, 0.4) is 0 Å². The fraction of sp³-hybridized carbons (Fsp3) is 0.692. The van der Waals surface area contributed by atoms with Crippen molar-refractivity contribution in [2.75, 3.05) is 27.2 Å². The van der Waals surface area contributed by atoms with Gasteiger partial charge >= 0.3 is 0 Å². The molecule has 3 nitrogen and oxygen atoms in total. The molecule has 1 heterocycles. The number of aromatic nitrogens is 1. The van der Waals surface area contributed by atoms with E-state index in [4.69, 9.17) is 0 Å². The predicted octanol–water partition coefficient (Wildman–Crippen LogP) is 1.94. The number of nitrogens with one attached hydrogen (secondary N) is 2. The molecule has 16 heavy (non-hydrogen) atoms. The standard InChI is InChI=1S/C13H25N3/c1-11(2)12(8-14-3)9-16(4)10-13-6-5-7-15-13/h5-7,11-12,14-15H,8-10H2,1-4H3. The van der Waals surface area contributed by atoms with E-state index >= 15 is 0 Å². The Labute approximate surface area is 99.2 Å². The number of hydrogen-bond acceptors (Lipinski definition) is 2. The molecule has 3 heteroatoms. The molecule has 0 aromatic carbocycles. The average molecular weight is 223 g/mol. The minimum atomic E-state index is 0.713. The highest BCUT2D eigenvalue weighted by Crippen LogP contribution is 2.12. The van der Waals surface area contributed by atoms with Crippen LogP contribution in [0.5, 0.6) is 0 Å². The lowest BCUT2D eigenvalue weighted by molar-refractivity contribution is 0.226. The van der Waals surface area contributed by atoms with Crippen molar-refractivity contribution in [2.24, 2.45) is 11.8 Å². The van der Waals surface area contributed by atoms with Gasteiger partial charge in [0.2, 0.25) is 0 Å². The molecule has 0 bridgehead atoms. The first-order valence-corrected chi connectivity index (χ1v) is 6.09. The maximum Gasteiger partial charge on any atom is 0.0382 e. The summed E-state index contributed by atoms with van der Waals surface area (Å²) in [6, 6.07) is 4.19. The number of hydrogen-bond donors (Lipinski definition) is 2. The van der Waals surface area contributed by atoms with E-state index in [-0.39, 0.29) is 0 Å². The Kier molecular flexibility index (Phi) is 5.56. The largest absolute Gasteiger partial charge is 0.364 e. The van der Waals surface area contributed by atoms with E-state index in [1.807, 2.05) is 13.2 Å². The molecule has 1 rings (SSSR count). The second-order valence-corrected chi connectivity index (χ2v) is 4.95. The Bertz CT molecular complexity index is 267. The Morgan fingerprint density at radius 2 is 2.19 bits per heavy atom. The van der Waals surface area contributed by atoms with Gasteiger partial charge in [0.25, 0.3) is 0 Å². The second-order valence-electron chi connectivity index (χ2n) is 4.95. The van der Waals surface area contributed by atoms with Crippen molar-refractivity contribution in [3.63, 3.8) is 0 Å². The highest BCUT2D eigenvalue weighted by molar-refractivity contribution is 5.03. The van der Waals surface area contributed by atoms with Gasteiger partial charge in [-0.2, -0.15) is 0 Å². The summed E-state index contributed by atoms with van der Waals surface area (Å²) in [5.41, 5.74) is 1.29. The van der Waals surface area contributed by atoms with Crippen LogP contribution in [-0.4, -0.2) is 37.1 Å². The highest BCUT2D eigenvalue weighted by atomic mass is 15.1. The van der Waals surface area contributed by atoms with Gasteiger partial charge in [0.1, 0.15) is 0 Å². The summed E-state index contributed by atoms with van der Waals surface area (Å²) in [6.45, 7) is 7.82. The Hall–Kier alpha value is -0.800. The lowest BCUT2D eigenvalue weighted by Gasteiger charge is -2.26. The Morgan fingerprint density at radius 1 is 1.44 bits per heavy atom. The molecule has 0 saturated heterocycles. The summed E-state index contributed by atoms with van der Waals surface area (Å²) in [6.07, 6.45) is 1.98. The summed E-state index contributed by atoms with van der Waals surface area (Å²) in [5, 5.41) is 3.28. The molecule has 0 radical (unpaired) electrons. The molecule has 2 N–H and O–H groups in total. The van der Waals surface area contributed by atoms with Gasteiger partial charge in [-0.15, -0.1) is 0 Å². The van der Waals surface area contributed by atoms with Crippen molar-refractivity contribution in [2.45, 2.75) is 20.4 Å². The van der Waals surface area contributed by atoms with Crippen LogP contribution in [0, 0.1) is 11.8 Å². The lowest BCUT2D eigenvalue weighted by Crippen LogP contribution is -2.34. The zero-order chi connectivity index (χ0) is 12.0. The lowest BCUT2D eigenvalue weighted by atomic mass is 9.95. The fourth-order valence-corrected chi connectivity index (χ4v) is 1.99. The van der Waals surface area contributed by atoms with Crippen LogP contribution in [-0.2, 0) is 6.54 Å². The number of H-pyrrole nitrogens is 1. The van der Waals surface area contributed by atoms with Crippen molar-refractivity contribution in [3.8, 4) is 0 Å². The van der Waals surface area contributed by atoms with E-state index in [1.165, 1.54) is 5.69 Å². The molecule has 0 aliphatic heterocycles. The number of nitrogens with zero attached hydrogens (tertiary/aromatic N) is 1. The fourth-order valence-electron chi connectivity index (χ4n) is 1.99. The number of rotatable bonds is 7. The minimum absolute atomic E-state index is 0.713. The van der Waals surface area contributed by atoms with Gasteiger partial charge in [0, 0.05) is 25.0 Å². The smallest absolute Gasteiger partial charge is 0.0382 e. The van der Waals surface area contributed by atoms with Crippen LogP contribution in [0.1, 0.15) is 19.5 Å². The molecule has 1 aromatic rings. The third-order valence-electron chi connectivity index (χ3n) is 3.06. The molecule has 0 aliphatic rings. The quantitative estimate of drug-likeness (QED) is 0.740. The molecule has 0 aliphatic carbocycles. The third-order valence-corrected chi connectivity index (χ3v) is 3.06. The molecule has 1 atom stereocenters. The molecule has 1 aromatic heterocycles. The van der Waals surface area contributed by atoms with Crippen LogP contribution in [0.15, 0.2) is 18.3 Å². The van der Waals surface area contributed by atoms with Crippen molar-refractivity contribution >= 4 is 0 Å². The van der Waals surface area contributed by atoms with Crippen LogP contribution >= 0.6 is 0 Å². The molecule has 0 amide bonds. The maximum atomic E-state index is 3.28. The average Bonchev–Trinajstić information content (AvgIpc) is 2.69. The van der Waals surface area contributed by atoms with Crippen molar-refractivity contribution in [1.29, 1.82) is 0 Å². The first-order valence-electron chi connectivity index (χ1n) is 6.09. The minimum Gasteiger partial charge on any atom is -0.364 e. The van der Waals surface area contributed by atoms with E-state index in [9.17, 15) is 0 Å². The molecular weight excluding hydrogens is 198 g/mol. The second kappa shape index (κ2) is 6.71.